The first-order valence-corrected chi connectivity index (χ1v) is 5.83. The van der Waals surface area contributed by atoms with Crippen molar-refractivity contribution in [1.29, 1.82) is 0 Å². The maximum atomic E-state index is 11.1. The SMILES string of the molecule is CCCC(Nc1ccc(OC)c(OC)c1)C(=O)O. The molecule has 0 saturated heterocycles. The second-order valence-electron chi connectivity index (χ2n) is 3.89. The van der Waals surface area contributed by atoms with Crippen molar-refractivity contribution < 1.29 is 19.4 Å². The van der Waals surface area contributed by atoms with Gasteiger partial charge in [-0.25, -0.2) is 4.79 Å². The molecule has 100 valence electrons. The predicted molar refractivity (Wildman–Crippen MR) is 69.5 cm³/mol. The summed E-state index contributed by atoms with van der Waals surface area (Å²) in [6.45, 7) is 1.95. The third kappa shape index (κ3) is 3.55. The highest BCUT2D eigenvalue weighted by atomic mass is 16.5. The number of ether oxygens (including phenoxy) is 2. The van der Waals surface area contributed by atoms with Crippen LogP contribution in [0.5, 0.6) is 11.5 Å². The molecule has 0 saturated carbocycles. The van der Waals surface area contributed by atoms with Crippen LogP contribution in [0.15, 0.2) is 18.2 Å². The van der Waals surface area contributed by atoms with Crippen LogP contribution in [0.1, 0.15) is 19.8 Å². The number of aliphatic carboxylic acids is 1. The minimum Gasteiger partial charge on any atom is -0.493 e. The van der Waals surface area contributed by atoms with E-state index in [0.29, 0.717) is 23.6 Å². The average molecular weight is 253 g/mol. The second-order valence-corrected chi connectivity index (χ2v) is 3.89. The molecule has 1 atom stereocenters. The number of methoxy groups -OCH3 is 2. The van der Waals surface area contributed by atoms with E-state index in [9.17, 15) is 4.79 Å². The molecule has 0 radical (unpaired) electrons. The third-order valence-electron chi connectivity index (χ3n) is 2.60. The summed E-state index contributed by atoms with van der Waals surface area (Å²) in [6, 6.07) is 4.65. The zero-order valence-electron chi connectivity index (χ0n) is 10.9. The number of nitrogens with one attached hydrogen (secondary N) is 1. The van der Waals surface area contributed by atoms with E-state index in [1.54, 1.807) is 32.4 Å². The maximum absolute atomic E-state index is 11.1. The third-order valence-corrected chi connectivity index (χ3v) is 2.60. The number of carboxylic acids is 1. The minimum atomic E-state index is -0.855. The van der Waals surface area contributed by atoms with Gasteiger partial charge < -0.3 is 19.9 Å². The van der Waals surface area contributed by atoms with Gasteiger partial charge in [0.1, 0.15) is 6.04 Å². The van der Waals surface area contributed by atoms with Crippen molar-refractivity contribution in [2.24, 2.45) is 0 Å². The summed E-state index contributed by atoms with van der Waals surface area (Å²) in [4.78, 5) is 11.1. The number of carboxylic acid groups (broad SMARTS) is 1. The molecule has 0 aliphatic carbocycles. The summed E-state index contributed by atoms with van der Waals surface area (Å²) in [5.74, 6) is 0.334. The Morgan fingerprint density at radius 1 is 1.33 bits per heavy atom. The minimum absolute atomic E-state index is 0.572. The van der Waals surface area contributed by atoms with Gasteiger partial charge in [-0.05, 0) is 18.6 Å². The molecule has 1 rings (SSSR count). The van der Waals surface area contributed by atoms with Crippen molar-refractivity contribution in [3.8, 4) is 11.5 Å². The van der Waals surface area contributed by atoms with E-state index in [0.717, 1.165) is 6.42 Å². The number of anilines is 1. The van der Waals surface area contributed by atoms with E-state index in [4.69, 9.17) is 14.6 Å². The van der Waals surface area contributed by atoms with Crippen LogP contribution in [-0.4, -0.2) is 31.3 Å². The first-order valence-electron chi connectivity index (χ1n) is 5.83. The fourth-order valence-corrected chi connectivity index (χ4v) is 1.67. The van der Waals surface area contributed by atoms with Crippen LogP contribution < -0.4 is 14.8 Å². The lowest BCUT2D eigenvalue weighted by Gasteiger charge is -2.16. The summed E-state index contributed by atoms with van der Waals surface area (Å²) in [6.07, 6.45) is 1.38. The Bertz CT molecular complexity index is 406. The Morgan fingerprint density at radius 2 is 2.00 bits per heavy atom. The van der Waals surface area contributed by atoms with Gasteiger partial charge in [-0.15, -0.1) is 0 Å². The number of hydrogen-bond donors (Lipinski definition) is 2. The molecule has 5 heteroatoms. The lowest BCUT2D eigenvalue weighted by atomic mass is 10.1. The van der Waals surface area contributed by atoms with Crippen molar-refractivity contribution in [2.75, 3.05) is 19.5 Å². The summed E-state index contributed by atoms with van der Waals surface area (Å²) >= 11 is 0. The molecular formula is C13H19NO4. The molecule has 0 aliphatic heterocycles. The summed E-state index contributed by atoms with van der Waals surface area (Å²) in [7, 11) is 3.10. The highest BCUT2D eigenvalue weighted by Crippen LogP contribution is 2.30. The number of carbonyl (C=O) groups is 1. The molecule has 0 spiro atoms. The Hall–Kier alpha value is -1.91. The van der Waals surface area contributed by atoms with Crippen LogP contribution in [-0.2, 0) is 4.79 Å². The van der Waals surface area contributed by atoms with Gasteiger partial charge in [0.2, 0.25) is 0 Å². The van der Waals surface area contributed by atoms with Crippen LogP contribution in [0.4, 0.5) is 5.69 Å². The molecule has 1 aromatic rings. The molecule has 0 bridgehead atoms. The topological polar surface area (TPSA) is 67.8 Å². The van der Waals surface area contributed by atoms with E-state index >= 15 is 0 Å². The molecule has 1 unspecified atom stereocenters. The average Bonchev–Trinajstić information content (AvgIpc) is 2.37. The van der Waals surface area contributed by atoms with Gasteiger partial charge in [0.05, 0.1) is 14.2 Å². The van der Waals surface area contributed by atoms with E-state index in [2.05, 4.69) is 5.32 Å². The number of rotatable bonds is 7. The van der Waals surface area contributed by atoms with E-state index in [-0.39, 0.29) is 0 Å². The Kier molecular flexibility index (Phi) is 5.30. The first-order chi connectivity index (χ1) is 8.62. The van der Waals surface area contributed by atoms with Crippen molar-refractivity contribution in [3.63, 3.8) is 0 Å². The van der Waals surface area contributed by atoms with Gasteiger partial charge in [-0.3, -0.25) is 0 Å². The van der Waals surface area contributed by atoms with E-state index in [1.165, 1.54) is 0 Å². The predicted octanol–water partition coefficient (Wildman–Crippen LogP) is 2.37. The van der Waals surface area contributed by atoms with Crippen LogP contribution in [0.25, 0.3) is 0 Å². The highest BCUT2D eigenvalue weighted by Gasteiger charge is 2.16. The molecule has 0 aromatic heterocycles. The van der Waals surface area contributed by atoms with Gasteiger partial charge >= 0.3 is 5.97 Å². The van der Waals surface area contributed by atoms with E-state index < -0.39 is 12.0 Å². The number of benzene rings is 1. The van der Waals surface area contributed by atoms with Crippen molar-refractivity contribution >= 4 is 11.7 Å². The van der Waals surface area contributed by atoms with Gasteiger partial charge in [0.25, 0.3) is 0 Å². The second kappa shape index (κ2) is 6.74. The quantitative estimate of drug-likeness (QED) is 0.780. The molecule has 0 amide bonds. The highest BCUT2D eigenvalue weighted by molar-refractivity contribution is 5.77. The molecule has 18 heavy (non-hydrogen) atoms. The molecule has 0 aliphatic rings. The van der Waals surface area contributed by atoms with Gasteiger partial charge in [0, 0.05) is 11.8 Å². The zero-order valence-corrected chi connectivity index (χ0v) is 10.9. The van der Waals surface area contributed by atoms with Gasteiger partial charge in [-0.2, -0.15) is 0 Å². The van der Waals surface area contributed by atoms with Crippen molar-refractivity contribution in [3.05, 3.63) is 18.2 Å². The zero-order chi connectivity index (χ0) is 13.5. The normalized spacial score (nSPS) is 11.7. The Balaban J connectivity index is 2.86. The smallest absolute Gasteiger partial charge is 0.326 e. The van der Waals surface area contributed by atoms with Gasteiger partial charge in [0.15, 0.2) is 11.5 Å². The van der Waals surface area contributed by atoms with Crippen LogP contribution in [0, 0.1) is 0 Å². The fourth-order valence-electron chi connectivity index (χ4n) is 1.67. The first kappa shape index (κ1) is 14.2. The molecule has 5 nitrogen and oxygen atoms in total. The van der Waals surface area contributed by atoms with Crippen LogP contribution in [0.2, 0.25) is 0 Å². The molecule has 0 heterocycles. The summed E-state index contributed by atoms with van der Waals surface area (Å²) < 4.78 is 10.3. The standard InChI is InChI=1S/C13H19NO4/c1-4-5-10(13(15)16)14-9-6-7-11(17-2)12(8-9)18-3/h6-8,10,14H,4-5H2,1-3H3,(H,15,16). The van der Waals surface area contributed by atoms with Crippen molar-refractivity contribution in [1.82, 2.24) is 0 Å². The number of hydrogen-bond acceptors (Lipinski definition) is 4. The molecular weight excluding hydrogens is 234 g/mol. The monoisotopic (exact) mass is 253 g/mol. The lowest BCUT2D eigenvalue weighted by molar-refractivity contribution is -0.138. The van der Waals surface area contributed by atoms with Crippen LogP contribution >= 0.6 is 0 Å². The Morgan fingerprint density at radius 3 is 2.50 bits per heavy atom. The lowest BCUT2D eigenvalue weighted by Crippen LogP contribution is -2.28. The van der Waals surface area contributed by atoms with E-state index in [1.807, 2.05) is 6.92 Å². The van der Waals surface area contributed by atoms with Crippen LogP contribution in [0.3, 0.4) is 0 Å². The van der Waals surface area contributed by atoms with Gasteiger partial charge in [-0.1, -0.05) is 13.3 Å². The maximum Gasteiger partial charge on any atom is 0.326 e. The largest absolute Gasteiger partial charge is 0.493 e. The fraction of sp³-hybridized carbons (Fsp3) is 0.462. The summed E-state index contributed by atoms with van der Waals surface area (Å²) in [5.41, 5.74) is 0.702. The molecule has 1 aromatic carbocycles. The Labute approximate surface area is 107 Å². The van der Waals surface area contributed by atoms with Crippen molar-refractivity contribution in [2.45, 2.75) is 25.8 Å². The molecule has 2 N–H and O–H groups in total. The molecule has 0 fully saturated rings. The summed E-state index contributed by atoms with van der Waals surface area (Å²) in [5, 5.41) is 12.0.